The number of carbonyl (C=O) groups excluding carboxylic acids is 1. The molecule has 0 saturated carbocycles. The minimum absolute atomic E-state index is 0.332. The van der Waals surface area contributed by atoms with Crippen molar-refractivity contribution in [3.8, 4) is 23.0 Å². The van der Waals surface area contributed by atoms with E-state index in [1.807, 2.05) is 22.8 Å². The van der Waals surface area contributed by atoms with Crippen LogP contribution in [0.25, 0.3) is 11.5 Å². The Bertz CT molecular complexity index is 1040. The largest absolute Gasteiger partial charge is 0.497 e. The quantitative estimate of drug-likeness (QED) is 0.640. The van der Waals surface area contributed by atoms with Crippen LogP contribution in [0, 0.1) is 0 Å². The average Bonchev–Trinajstić information content (AvgIpc) is 3.21. The molecule has 148 valence electrons. The molecular formula is C21H21N5O3. The number of nitrogens with zero attached hydrogens (tertiary/aromatic N) is 4. The first kappa shape index (κ1) is 18.7. The number of anilines is 1. The Hall–Kier alpha value is -3.68. The molecule has 1 N–H and O–H groups in total. The van der Waals surface area contributed by atoms with Crippen molar-refractivity contribution in [3.05, 3.63) is 60.4 Å². The first-order valence-electron chi connectivity index (χ1n) is 9.37. The summed E-state index contributed by atoms with van der Waals surface area (Å²) in [5, 5.41) is 11.0. The number of pyridine rings is 1. The van der Waals surface area contributed by atoms with Gasteiger partial charge in [0, 0.05) is 6.54 Å². The van der Waals surface area contributed by atoms with Gasteiger partial charge in [0.2, 0.25) is 0 Å². The molecule has 0 unspecified atom stereocenters. The molecule has 0 atom stereocenters. The molecular weight excluding hydrogens is 370 g/mol. The molecule has 29 heavy (non-hydrogen) atoms. The third-order valence-electron chi connectivity index (χ3n) is 4.54. The number of amides is 1. The van der Waals surface area contributed by atoms with Crippen molar-refractivity contribution >= 4 is 11.7 Å². The number of aryl methyl sites for hydroxylation is 1. The Morgan fingerprint density at radius 1 is 1.21 bits per heavy atom. The second-order valence-corrected chi connectivity index (χ2v) is 6.50. The van der Waals surface area contributed by atoms with Crippen LogP contribution in [0.4, 0.5) is 5.82 Å². The summed E-state index contributed by atoms with van der Waals surface area (Å²) in [4.78, 5) is 17.5. The van der Waals surface area contributed by atoms with Crippen LogP contribution < -0.4 is 14.8 Å². The number of benzene rings is 1. The molecule has 1 aliphatic heterocycles. The van der Waals surface area contributed by atoms with Crippen LogP contribution in [0.5, 0.6) is 11.5 Å². The maximum absolute atomic E-state index is 12.9. The average molecular weight is 391 g/mol. The van der Waals surface area contributed by atoms with Crippen LogP contribution in [-0.4, -0.2) is 39.4 Å². The number of fused-ring (bicyclic) bond motifs is 5. The van der Waals surface area contributed by atoms with Crippen molar-refractivity contribution < 1.29 is 14.3 Å². The normalized spacial score (nSPS) is 15.4. The van der Waals surface area contributed by atoms with Crippen molar-refractivity contribution in [1.29, 1.82) is 0 Å². The molecule has 1 aromatic carbocycles. The second kappa shape index (κ2) is 8.55. The molecule has 8 nitrogen and oxygen atoms in total. The number of hydrogen-bond acceptors (Lipinski definition) is 6. The molecule has 2 aromatic heterocycles. The predicted octanol–water partition coefficient (Wildman–Crippen LogP) is 3.33. The fraction of sp³-hybridized carbons (Fsp3) is 0.238. The van der Waals surface area contributed by atoms with Crippen LogP contribution in [0.15, 0.2) is 54.9 Å². The van der Waals surface area contributed by atoms with Crippen LogP contribution >= 0.6 is 0 Å². The van der Waals surface area contributed by atoms with Gasteiger partial charge in [-0.15, -0.1) is 10.2 Å². The van der Waals surface area contributed by atoms with E-state index in [0.29, 0.717) is 41.0 Å². The summed E-state index contributed by atoms with van der Waals surface area (Å²) in [5.41, 5.74) is 1.02. The van der Waals surface area contributed by atoms with Crippen molar-refractivity contribution in [2.24, 2.45) is 0 Å². The van der Waals surface area contributed by atoms with Crippen LogP contribution in [0.2, 0.25) is 0 Å². The van der Waals surface area contributed by atoms with Gasteiger partial charge >= 0.3 is 0 Å². The van der Waals surface area contributed by atoms with Gasteiger partial charge in [0.1, 0.15) is 35.9 Å². The molecule has 0 fully saturated rings. The van der Waals surface area contributed by atoms with Gasteiger partial charge in [0.15, 0.2) is 5.82 Å². The lowest BCUT2D eigenvalue weighted by atomic mass is 10.1. The van der Waals surface area contributed by atoms with Crippen molar-refractivity contribution in [1.82, 2.24) is 19.7 Å². The van der Waals surface area contributed by atoms with Gasteiger partial charge < -0.3 is 19.4 Å². The van der Waals surface area contributed by atoms with E-state index < -0.39 is 0 Å². The minimum atomic E-state index is -0.332. The Morgan fingerprint density at radius 2 is 2.14 bits per heavy atom. The van der Waals surface area contributed by atoms with E-state index in [0.717, 1.165) is 19.4 Å². The minimum Gasteiger partial charge on any atom is -0.497 e. The van der Waals surface area contributed by atoms with E-state index in [1.165, 1.54) is 0 Å². The number of ether oxygens (including phenoxy) is 2. The summed E-state index contributed by atoms with van der Waals surface area (Å²) in [5.74, 6) is 1.81. The van der Waals surface area contributed by atoms with Gasteiger partial charge in [-0.2, -0.15) is 0 Å². The molecule has 4 rings (SSSR count). The van der Waals surface area contributed by atoms with Gasteiger partial charge in [0.05, 0.1) is 12.7 Å². The highest BCUT2D eigenvalue weighted by atomic mass is 16.5. The zero-order valence-electron chi connectivity index (χ0n) is 16.0. The number of aromatic nitrogens is 4. The Morgan fingerprint density at radius 3 is 3.03 bits per heavy atom. The van der Waals surface area contributed by atoms with Gasteiger partial charge in [-0.3, -0.25) is 4.79 Å². The first-order chi connectivity index (χ1) is 14.2. The van der Waals surface area contributed by atoms with Crippen LogP contribution in [-0.2, 0) is 6.54 Å². The summed E-state index contributed by atoms with van der Waals surface area (Å²) >= 11 is 0. The molecule has 0 aliphatic carbocycles. The Labute approximate surface area is 168 Å². The topological polar surface area (TPSA) is 91.2 Å². The van der Waals surface area contributed by atoms with E-state index in [1.54, 1.807) is 37.7 Å². The summed E-state index contributed by atoms with van der Waals surface area (Å²) in [6.07, 6.45) is 7.55. The first-order valence-corrected chi connectivity index (χ1v) is 9.37. The standard InChI is InChI=1S/C21H21N5O3/c1-28-15-9-10-18-16(13-15)21(27)24-19-8-6-7-17(23-19)20-25-22-14-26(20)11-4-2-3-5-12-29-18/h3,5-10,13-14H,2,4,11-12H2,1H3,(H,23,24,27)/b5-3+. The van der Waals surface area contributed by atoms with E-state index in [9.17, 15) is 4.79 Å². The molecule has 1 aliphatic rings. The maximum atomic E-state index is 12.9. The van der Waals surface area contributed by atoms with E-state index in [-0.39, 0.29) is 5.91 Å². The molecule has 3 aromatic rings. The summed E-state index contributed by atoms with van der Waals surface area (Å²) in [6, 6.07) is 10.6. The summed E-state index contributed by atoms with van der Waals surface area (Å²) in [7, 11) is 1.56. The number of nitrogens with one attached hydrogen (secondary N) is 1. The highest BCUT2D eigenvalue weighted by Crippen LogP contribution is 2.26. The number of carbonyl (C=O) groups is 1. The van der Waals surface area contributed by atoms with Crippen LogP contribution in [0.1, 0.15) is 23.2 Å². The smallest absolute Gasteiger partial charge is 0.260 e. The predicted molar refractivity (Wildman–Crippen MR) is 108 cm³/mol. The fourth-order valence-corrected chi connectivity index (χ4v) is 3.07. The van der Waals surface area contributed by atoms with Gasteiger partial charge in [-0.05, 0) is 43.2 Å². The second-order valence-electron chi connectivity index (χ2n) is 6.50. The lowest BCUT2D eigenvalue weighted by molar-refractivity contribution is 0.102. The van der Waals surface area contributed by atoms with Crippen molar-refractivity contribution in [2.75, 3.05) is 19.0 Å². The van der Waals surface area contributed by atoms with Gasteiger partial charge in [0.25, 0.3) is 5.91 Å². The Balaban J connectivity index is 1.72. The van der Waals surface area contributed by atoms with Crippen LogP contribution in [0.3, 0.4) is 0 Å². The molecule has 0 spiro atoms. The third-order valence-corrected chi connectivity index (χ3v) is 4.54. The zero-order chi connectivity index (χ0) is 20.1. The van der Waals surface area contributed by atoms with Crippen molar-refractivity contribution in [3.63, 3.8) is 0 Å². The molecule has 0 saturated heterocycles. The molecule has 0 radical (unpaired) electrons. The van der Waals surface area contributed by atoms with Crippen molar-refractivity contribution in [2.45, 2.75) is 19.4 Å². The van der Waals surface area contributed by atoms with Gasteiger partial charge in [-0.25, -0.2) is 4.98 Å². The lowest BCUT2D eigenvalue weighted by Gasteiger charge is -2.13. The highest BCUT2D eigenvalue weighted by Gasteiger charge is 2.16. The zero-order valence-corrected chi connectivity index (χ0v) is 16.0. The SMILES string of the molecule is COc1ccc2c(c1)C(=O)Nc1cccc(n1)-c1nncn1CCC/C=C/CO2. The summed E-state index contributed by atoms with van der Waals surface area (Å²) < 4.78 is 13.0. The number of hydrogen-bond donors (Lipinski definition) is 1. The molecule has 8 heteroatoms. The fourth-order valence-electron chi connectivity index (χ4n) is 3.07. The third kappa shape index (κ3) is 4.26. The number of allylic oxidation sites excluding steroid dienone is 1. The highest BCUT2D eigenvalue weighted by molar-refractivity contribution is 6.06. The molecule has 3 heterocycles. The summed E-state index contributed by atoms with van der Waals surface area (Å²) in [6.45, 7) is 1.15. The monoisotopic (exact) mass is 391 g/mol. The lowest BCUT2D eigenvalue weighted by Crippen LogP contribution is -2.15. The van der Waals surface area contributed by atoms with E-state index >= 15 is 0 Å². The van der Waals surface area contributed by atoms with E-state index in [4.69, 9.17) is 9.47 Å². The maximum Gasteiger partial charge on any atom is 0.260 e. The Kier molecular flexibility index (Phi) is 5.51. The van der Waals surface area contributed by atoms with E-state index in [2.05, 4.69) is 26.6 Å². The number of methoxy groups -OCH3 is 1. The molecule has 1 amide bonds. The van der Waals surface area contributed by atoms with Gasteiger partial charge in [-0.1, -0.05) is 18.2 Å². The number of rotatable bonds is 1. The molecule has 2 bridgehead atoms.